The molecule has 7 N–H and O–H groups in total. The summed E-state index contributed by atoms with van der Waals surface area (Å²) in [7, 11) is 0. The van der Waals surface area contributed by atoms with Gasteiger partial charge in [-0.05, 0) is 55.5 Å². The fraction of sp³-hybridized carbons (Fsp3) is 0.409. The van der Waals surface area contributed by atoms with E-state index in [2.05, 4.69) is 95.0 Å². The Hall–Kier alpha value is -5.90. The van der Waals surface area contributed by atoms with E-state index in [1.54, 1.807) is 13.8 Å². The molecule has 15 heteroatoms. The number of carbonyl (C=O) groups excluding carboxylic acids is 3. The molecule has 0 unspecified atom stereocenters. The molecule has 312 valence electrons. The maximum atomic E-state index is 13.6. The summed E-state index contributed by atoms with van der Waals surface area (Å²) in [5.41, 5.74) is 3.93. The van der Waals surface area contributed by atoms with Crippen LogP contribution in [0.4, 0.5) is 10.6 Å². The van der Waals surface area contributed by atoms with Gasteiger partial charge in [-0.1, -0.05) is 97.9 Å². The largest absolute Gasteiger partial charge is 0.392 e. The Bertz CT molecular complexity index is 2060. The normalized spacial score (nSPS) is 15.0. The van der Waals surface area contributed by atoms with Crippen LogP contribution in [-0.4, -0.2) is 104 Å². The number of urea groups is 1. The van der Waals surface area contributed by atoms with E-state index in [0.717, 1.165) is 43.6 Å². The van der Waals surface area contributed by atoms with Crippen LogP contribution in [0.1, 0.15) is 72.6 Å². The molecule has 0 radical (unpaired) electrons. The minimum atomic E-state index is -1.34. The number of benzene rings is 3. The Morgan fingerprint density at radius 2 is 1.44 bits per heavy atom. The zero-order chi connectivity index (χ0) is 41.6. The van der Waals surface area contributed by atoms with Gasteiger partial charge in [-0.25, -0.2) is 19.7 Å². The van der Waals surface area contributed by atoms with E-state index < -0.39 is 24.2 Å². The maximum Gasteiger partial charge on any atom is 0.314 e. The van der Waals surface area contributed by atoms with Crippen LogP contribution in [0, 0.1) is 11.8 Å². The third-order valence-corrected chi connectivity index (χ3v) is 10.8. The highest BCUT2D eigenvalue weighted by Gasteiger charge is 2.29. The van der Waals surface area contributed by atoms with Gasteiger partial charge in [0.25, 0.3) is 5.91 Å². The minimum absolute atomic E-state index is 0.0820. The lowest BCUT2D eigenvalue weighted by Crippen LogP contribution is -2.43. The predicted molar refractivity (Wildman–Crippen MR) is 226 cm³/mol. The molecule has 1 aliphatic rings. The van der Waals surface area contributed by atoms with E-state index >= 15 is 0 Å². The molecule has 5 aromatic rings. The number of fused-ring (bicyclic) bond motifs is 1. The van der Waals surface area contributed by atoms with Crippen molar-refractivity contribution in [1.29, 1.82) is 0 Å². The molecule has 0 spiro atoms. The molecular formula is C44H56N10O5. The molecule has 4 amide bonds. The van der Waals surface area contributed by atoms with Gasteiger partial charge in [0.15, 0.2) is 17.0 Å². The molecule has 0 aliphatic carbocycles. The molecule has 0 bridgehead atoms. The van der Waals surface area contributed by atoms with Crippen LogP contribution in [0.3, 0.4) is 0 Å². The summed E-state index contributed by atoms with van der Waals surface area (Å²) in [6.07, 6.45) is 0.693. The fourth-order valence-electron chi connectivity index (χ4n) is 7.35. The average molecular weight is 805 g/mol. The molecule has 3 aromatic carbocycles. The number of aliphatic hydroxyl groups is 2. The van der Waals surface area contributed by atoms with E-state index in [0.29, 0.717) is 31.1 Å². The van der Waals surface area contributed by atoms with Crippen molar-refractivity contribution >= 4 is 34.8 Å². The van der Waals surface area contributed by atoms with Gasteiger partial charge in [0, 0.05) is 51.1 Å². The molecule has 1 saturated heterocycles. The Labute approximate surface area is 345 Å². The van der Waals surface area contributed by atoms with Crippen LogP contribution in [-0.2, 0) is 11.3 Å². The van der Waals surface area contributed by atoms with Crippen molar-refractivity contribution < 1.29 is 24.6 Å². The highest BCUT2D eigenvalue weighted by Crippen LogP contribution is 2.29. The predicted octanol–water partition coefficient (Wildman–Crippen LogP) is 4.03. The molecule has 59 heavy (non-hydrogen) atoms. The lowest BCUT2D eigenvalue weighted by molar-refractivity contribution is -0.124. The van der Waals surface area contributed by atoms with E-state index in [9.17, 15) is 24.6 Å². The van der Waals surface area contributed by atoms with Crippen molar-refractivity contribution in [3.05, 3.63) is 120 Å². The van der Waals surface area contributed by atoms with Gasteiger partial charge >= 0.3 is 6.03 Å². The number of nitrogens with zero attached hydrogens (tertiary/aromatic N) is 5. The van der Waals surface area contributed by atoms with Crippen LogP contribution >= 0.6 is 0 Å². The van der Waals surface area contributed by atoms with Crippen molar-refractivity contribution in [3.8, 4) is 0 Å². The number of nitrogens with one attached hydrogen (secondary N) is 5. The molecule has 3 atom stereocenters. The van der Waals surface area contributed by atoms with Crippen molar-refractivity contribution in [2.45, 2.75) is 57.9 Å². The zero-order valence-corrected chi connectivity index (χ0v) is 33.8. The number of carbonyl (C=O) groups is 3. The van der Waals surface area contributed by atoms with E-state index in [4.69, 9.17) is 0 Å². The first kappa shape index (κ1) is 42.7. The van der Waals surface area contributed by atoms with Crippen molar-refractivity contribution in [2.75, 3.05) is 51.1 Å². The summed E-state index contributed by atoms with van der Waals surface area (Å²) < 4.78 is 1.37. The molecule has 15 nitrogen and oxygen atoms in total. The Balaban J connectivity index is 1.10. The lowest BCUT2D eigenvalue weighted by Gasteiger charge is -2.32. The van der Waals surface area contributed by atoms with E-state index in [-0.39, 0.29) is 54.7 Å². The van der Waals surface area contributed by atoms with Gasteiger partial charge in [0.2, 0.25) is 11.7 Å². The number of piperidine rings is 1. The number of hydrogen-bond acceptors (Lipinski definition) is 10. The summed E-state index contributed by atoms with van der Waals surface area (Å²) >= 11 is 0. The smallest absolute Gasteiger partial charge is 0.314 e. The number of amides is 4. The lowest BCUT2D eigenvalue weighted by atomic mass is 9.91. The average Bonchev–Trinajstić information content (AvgIpc) is 3.70. The summed E-state index contributed by atoms with van der Waals surface area (Å²) in [6.45, 7) is 7.99. The highest BCUT2D eigenvalue weighted by molar-refractivity contribution is 5.94. The quantitative estimate of drug-likeness (QED) is 0.0599. The Morgan fingerprint density at radius 1 is 0.814 bits per heavy atom. The first-order chi connectivity index (χ1) is 28.7. The molecule has 2 aromatic heterocycles. The number of likely N-dealkylation sites (tertiary alicyclic amines) is 1. The van der Waals surface area contributed by atoms with Crippen molar-refractivity contribution in [1.82, 2.24) is 45.7 Å². The van der Waals surface area contributed by atoms with E-state index in [1.165, 1.54) is 16.5 Å². The monoisotopic (exact) mass is 804 g/mol. The van der Waals surface area contributed by atoms with Gasteiger partial charge < -0.3 is 36.8 Å². The maximum absolute atomic E-state index is 13.6. The summed E-state index contributed by atoms with van der Waals surface area (Å²) in [4.78, 5) is 54.5. The summed E-state index contributed by atoms with van der Waals surface area (Å²) in [6, 6.07) is 30.2. The Kier molecular flexibility index (Phi) is 15.3. The summed E-state index contributed by atoms with van der Waals surface area (Å²) in [5, 5.41) is 36.9. The van der Waals surface area contributed by atoms with Gasteiger partial charge in [0.1, 0.15) is 6.23 Å². The van der Waals surface area contributed by atoms with Crippen LogP contribution in [0.15, 0.2) is 97.3 Å². The highest BCUT2D eigenvalue weighted by atomic mass is 16.3. The number of anilines is 1. The van der Waals surface area contributed by atoms with Crippen LogP contribution in [0.5, 0.6) is 0 Å². The minimum Gasteiger partial charge on any atom is -0.392 e. The molecule has 3 heterocycles. The first-order valence-corrected chi connectivity index (χ1v) is 20.5. The number of imidazole rings is 1. The molecule has 0 saturated carbocycles. The second kappa shape index (κ2) is 21.2. The number of aromatic nitrogens is 4. The van der Waals surface area contributed by atoms with Crippen LogP contribution < -0.4 is 26.6 Å². The van der Waals surface area contributed by atoms with Gasteiger partial charge in [-0.15, -0.1) is 0 Å². The van der Waals surface area contributed by atoms with Crippen LogP contribution in [0.2, 0.25) is 0 Å². The number of aliphatic hydroxyl groups excluding tert-OH is 2. The van der Waals surface area contributed by atoms with Gasteiger partial charge in [-0.2, -0.15) is 0 Å². The SMILES string of the molecule is CCNC(=O)C[C@@H](O)[C@@H](C)[C@@H](O)n1cnc2c(NCC(c3ccccc3)c3ccccc3)nc(C(=O)NCCNC(=O)NCC3CCN(Cc4ccccc4)CC3)nc21. The first-order valence-electron chi connectivity index (χ1n) is 20.5. The number of hydrogen-bond donors (Lipinski definition) is 7. The van der Waals surface area contributed by atoms with Gasteiger partial charge in [-0.3, -0.25) is 19.1 Å². The topological polar surface area (TPSA) is 199 Å². The number of rotatable bonds is 19. The summed E-state index contributed by atoms with van der Waals surface area (Å²) in [5.74, 6) is -1.31. The Morgan fingerprint density at radius 3 is 2.08 bits per heavy atom. The second-order valence-corrected chi connectivity index (χ2v) is 15.1. The van der Waals surface area contributed by atoms with Crippen molar-refractivity contribution in [2.24, 2.45) is 11.8 Å². The van der Waals surface area contributed by atoms with E-state index in [1.807, 2.05) is 42.5 Å². The molecular weight excluding hydrogens is 749 g/mol. The third kappa shape index (κ3) is 11.8. The standard InChI is InChI=1S/C44H56N10O5/c1-3-45-37(56)25-36(55)30(2)43(58)54-29-50-38-39(48-27-35(33-15-9-5-10-16-33)34-17-11-6-12-18-34)51-40(52-41(38)54)42(57)46-21-22-47-44(59)49-26-31-19-23-53(24-20-31)28-32-13-7-4-8-14-32/h4-18,29-31,35-36,43,55,58H,3,19-28H2,1-2H3,(H,45,56)(H,46,57)(H2,47,49,59)(H,48,51,52)/t30-,36-,43-/m1/s1. The second-order valence-electron chi connectivity index (χ2n) is 15.1. The fourth-order valence-corrected chi connectivity index (χ4v) is 7.35. The third-order valence-electron chi connectivity index (χ3n) is 10.8. The zero-order valence-electron chi connectivity index (χ0n) is 33.8. The molecule has 1 fully saturated rings. The van der Waals surface area contributed by atoms with Crippen LogP contribution in [0.25, 0.3) is 11.2 Å². The van der Waals surface area contributed by atoms with Crippen molar-refractivity contribution in [3.63, 3.8) is 0 Å². The van der Waals surface area contributed by atoms with Gasteiger partial charge in [0.05, 0.1) is 18.9 Å². The molecule has 6 rings (SSSR count). The molecule has 1 aliphatic heterocycles.